The molecule has 1 heteroatoms. The lowest BCUT2D eigenvalue weighted by molar-refractivity contribution is 0.620. The summed E-state index contributed by atoms with van der Waals surface area (Å²) in [6.07, 6.45) is 5.98. The van der Waals surface area contributed by atoms with Gasteiger partial charge in [0.15, 0.2) is 0 Å². The molecular weight excluding hydrogens is 206 g/mol. The fourth-order valence-electron chi connectivity index (χ4n) is 2.76. The highest BCUT2D eigenvalue weighted by Crippen LogP contribution is 2.42. The Morgan fingerprint density at radius 2 is 1.59 bits per heavy atom. The van der Waals surface area contributed by atoms with Crippen LogP contribution in [0.15, 0.2) is 12.1 Å². The van der Waals surface area contributed by atoms with E-state index in [0.29, 0.717) is 0 Å². The van der Waals surface area contributed by atoms with Crippen LogP contribution in [0.1, 0.15) is 61.9 Å². The lowest BCUT2D eigenvalue weighted by Gasteiger charge is -2.21. The lowest BCUT2D eigenvalue weighted by Crippen LogP contribution is -2.17. The summed E-state index contributed by atoms with van der Waals surface area (Å²) >= 11 is 0. The Morgan fingerprint density at radius 1 is 1.06 bits per heavy atom. The third-order valence-corrected chi connectivity index (χ3v) is 4.04. The molecule has 1 nitrogen and oxygen atoms in total. The molecule has 0 amide bonds. The first-order valence-corrected chi connectivity index (χ1v) is 7.11. The van der Waals surface area contributed by atoms with Gasteiger partial charge in [0, 0.05) is 6.04 Å². The number of benzene rings is 1. The Kier molecular flexibility index (Phi) is 3.88. The van der Waals surface area contributed by atoms with Crippen LogP contribution in [0.4, 0.5) is 0 Å². The molecule has 2 rings (SSSR count). The van der Waals surface area contributed by atoms with Gasteiger partial charge in [-0.05, 0) is 60.3 Å². The molecule has 0 bridgehead atoms. The topological polar surface area (TPSA) is 26.0 Å². The predicted molar refractivity (Wildman–Crippen MR) is 74.2 cm³/mol. The summed E-state index contributed by atoms with van der Waals surface area (Å²) in [7, 11) is 0. The van der Waals surface area contributed by atoms with Crippen LogP contribution in [0, 0.1) is 5.92 Å². The zero-order valence-corrected chi connectivity index (χ0v) is 11.4. The SMILES string of the molecule is CCc1cc(CC)c(C(N)C2CC2)c(CC)c1. The van der Waals surface area contributed by atoms with Gasteiger partial charge in [-0.3, -0.25) is 0 Å². The minimum absolute atomic E-state index is 0.283. The van der Waals surface area contributed by atoms with Gasteiger partial charge in [-0.2, -0.15) is 0 Å². The van der Waals surface area contributed by atoms with Crippen LogP contribution in [0.5, 0.6) is 0 Å². The molecule has 17 heavy (non-hydrogen) atoms. The van der Waals surface area contributed by atoms with E-state index in [-0.39, 0.29) is 6.04 Å². The maximum atomic E-state index is 6.44. The predicted octanol–water partition coefficient (Wildman–Crippen LogP) is 3.78. The summed E-state index contributed by atoms with van der Waals surface area (Å²) in [6.45, 7) is 6.73. The maximum Gasteiger partial charge on any atom is 0.0329 e. The summed E-state index contributed by atoms with van der Waals surface area (Å²) in [5, 5.41) is 0. The fraction of sp³-hybridized carbons (Fsp3) is 0.625. The second-order valence-corrected chi connectivity index (χ2v) is 5.25. The van der Waals surface area contributed by atoms with E-state index in [0.717, 1.165) is 25.2 Å². The van der Waals surface area contributed by atoms with Crippen molar-refractivity contribution in [1.82, 2.24) is 0 Å². The Labute approximate surface area is 105 Å². The molecule has 1 aromatic carbocycles. The molecule has 1 atom stereocenters. The largest absolute Gasteiger partial charge is 0.324 e. The summed E-state index contributed by atoms with van der Waals surface area (Å²) in [5.41, 5.74) is 12.3. The van der Waals surface area contributed by atoms with Crippen LogP contribution in [-0.2, 0) is 19.3 Å². The highest BCUT2D eigenvalue weighted by Gasteiger charge is 2.31. The number of aryl methyl sites for hydroxylation is 3. The quantitative estimate of drug-likeness (QED) is 0.820. The Bertz CT molecular complexity index is 366. The monoisotopic (exact) mass is 231 g/mol. The molecule has 94 valence electrons. The molecular formula is C16H25N. The zero-order valence-electron chi connectivity index (χ0n) is 11.4. The molecule has 2 N–H and O–H groups in total. The molecule has 1 saturated carbocycles. The number of hydrogen-bond donors (Lipinski definition) is 1. The van der Waals surface area contributed by atoms with Gasteiger partial charge in [0.1, 0.15) is 0 Å². The molecule has 0 aromatic heterocycles. The highest BCUT2D eigenvalue weighted by molar-refractivity contribution is 5.42. The zero-order chi connectivity index (χ0) is 12.4. The third kappa shape index (κ3) is 2.55. The van der Waals surface area contributed by atoms with Crippen molar-refractivity contribution in [2.24, 2.45) is 11.7 Å². The van der Waals surface area contributed by atoms with E-state index < -0.39 is 0 Å². The van der Waals surface area contributed by atoms with Crippen LogP contribution in [0.2, 0.25) is 0 Å². The van der Waals surface area contributed by atoms with Crippen molar-refractivity contribution in [2.45, 2.75) is 58.9 Å². The van der Waals surface area contributed by atoms with Gasteiger partial charge in [0.05, 0.1) is 0 Å². The van der Waals surface area contributed by atoms with Crippen LogP contribution in [0.25, 0.3) is 0 Å². The van der Waals surface area contributed by atoms with Crippen molar-refractivity contribution in [3.63, 3.8) is 0 Å². The van der Waals surface area contributed by atoms with Gasteiger partial charge >= 0.3 is 0 Å². The first-order chi connectivity index (χ1) is 8.21. The Morgan fingerprint density at radius 3 is 1.94 bits per heavy atom. The van der Waals surface area contributed by atoms with Gasteiger partial charge < -0.3 is 5.73 Å². The first kappa shape index (κ1) is 12.6. The third-order valence-electron chi connectivity index (χ3n) is 4.04. The molecule has 0 heterocycles. The van der Waals surface area contributed by atoms with Gasteiger partial charge in [-0.1, -0.05) is 32.9 Å². The fourth-order valence-corrected chi connectivity index (χ4v) is 2.76. The standard InChI is InChI=1S/C16H25N/c1-4-11-9-12(5-2)15(13(6-3)10-11)16(17)14-7-8-14/h9-10,14,16H,4-8,17H2,1-3H3. The van der Waals surface area contributed by atoms with Crippen LogP contribution >= 0.6 is 0 Å². The van der Waals surface area contributed by atoms with E-state index in [2.05, 4.69) is 32.9 Å². The van der Waals surface area contributed by atoms with Crippen molar-refractivity contribution in [1.29, 1.82) is 0 Å². The van der Waals surface area contributed by atoms with Crippen LogP contribution < -0.4 is 5.73 Å². The highest BCUT2D eigenvalue weighted by atomic mass is 14.7. The summed E-state index contributed by atoms with van der Waals surface area (Å²) < 4.78 is 0. The summed E-state index contributed by atoms with van der Waals surface area (Å²) in [5.74, 6) is 0.748. The first-order valence-electron chi connectivity index (χ1n) is 7.11. The summed E-state index contributed by atoms with van der Waals surface area (Å²) in [4.78, 5) is 0. The van der Waals surface area contributed by atoms with E-state index in [9.17, 15) is 0 Å². The van der Waals surface area contributed by atoms with E-state index in [4.69, 9.17) is 5.73 Å². The number of nitrogens with two attached hydrogens (primary N) is 1. The van der Waals surface area contributed by atoms with Crippen LogP contribution in [-0.4, -0.2) is 0 Å². The Balaban J connectivity index is 2.45. The van der Waals surface area contributed by atoms with Gasteiger partial charge in [0.2, 0.25) is 0 Å². The molecule has 1 unspecified atom stereocenters. The maximum absolute atomic E-state index is 6.44. The minimum Gasteiger partial charge on any atom is -0.324 e. The molecule has 0 spiro atoms. The van der Waals surface area contributed by atoms with E-state index in [1.54, 1.807) is 0 Å². The van der Waals surface area contributed by atoms with Gasteiger partial charge in [-0.25, -0.2) is 0 Å². The van der Waals surface area contributed by atoms with Gasteiger partial charge in [-0.15, -0.1) is 0 Å². The van der Waals surface area contributed by atoms with E-state index in [1.807, 2.05) is 0 Å². The average molecular weight is 231 g/mol. The summed E-state index contributed by atoms with van der Waals surface area (Å²) in [6, 6.07) is 5.03. The Hall–Kier alpha value is -0.820. The molecule has 1 aliphatic rings. The molecule has 0 radical (unpaired) electrons. The molecule has 0 aliphatic heterocycles. The van der Waals surface area contributed by atoms with E-state index >= 15 is 0 Å². The minimum atomic E-state index is 0.283. The molecule has 1 aromatic rings. The van der Waals surface area contributed by atoms with Crippen molar-refractivity contribution in [3.8, 4) is 0 Å². The molecule has 0 saturated heterocycles. The average Bonchev–Trinajstić information content (AvgIpc) is 3.20. The van der Waals surface area contributed by atoms with Crippen molar-refractivity contribution in [3.05, 3.63) is 34.4 Å². The van der Waals surface area contributed by atoms with E-state index in [1.165, 1.54) is 35.1 Å². The second-order valence-electron chi connectivity index (χ2n) is 5.25. The molecule has 1 aliphatic carbocycles. The lowest BCUT2D eigenvalue weighted by atomic mass is 9.88. The smallest absolute Gasteiger partial charge is 0.0329 e. The molecule has 1 fully saturated rings. The number of hydrogen-bond acceptors (Lipinski definition) is 1. The van der Waals surface area contributed by atoms with Crippen molar-refractivity contribution < 1.29 is 0 Å². The number of rotatable bonds is 5. The normalized spacial score (nSPS) is 17.2. The van der Waals surface area contributed by atoms with Crippen molar-refractivity contribution >= 4 is 0 Å². The van der Waals surface area contributed by atoms with Crippen molar-refractivity contribution in [2.75, 3.05) is 0 Å². The van der Waals surface area contributed by atoms with Gasteiger partial charge in [0.25, 0.3) is 0 Å². The second kappa shape index (κ2) is 5.22. The van der Waals surface area contributed by atoms with Crippen LogP contribution in [0.3, 0.4) is 0 Å².